The van der Waals surface area contributed by atoms with Crippen LogP contribution in [0.25, 0.3) is 0 Å². The van der Waals surface area contributed by atoms with Gasteiger partial charge in [-0.25, -0.2) is 0 Å². The highest BCUT2D eigenvalue weighted by Crippen LogP contribution is 2.35. The van der Waals surface area contributed by atoms with Gasteiger partial charge in [0, 0.05) is 19.1 Å². The third kappa shape index (κ3) is 3.29. The quantitative estimate of drug-likeness (QED) is 0.632. The molecule has 0 spiro atoms. The smallest absolute Gasteiger partial charge is 0.305 e. The molecule has 5 heteroatoms. The second-order valence-corrected chi connectivity index (χ2v) is 4.90. The Bertz CT molecular complexity index is 475. The van der Waals surface area contributed by atoms with E-state index in [0.29, 0.717) is 19.4 Å². The molecule has 0 amide bonds. The van der Waals surface area contributed by atoms with Crippen molar-refractivity contribution >= 4 is 5.97 Å². The van der Waals surface area contributed by atoms with Crippen molar-refractivity contribution in [3.63, 3.8) is 0 Å². The zero-order valence-corrected chi connectivity index (χ0v) is 11.9. The fourth-order valence-electron chi connectivity index (χ4n) is 2.50. The molecule has 2 rings (SSSR count). The van der Waals surface area contributed by atoms with E-state index in [9.17, 15) is 4.79 Å². The summed E-state index contributed by atoms with van der Waals surface area (Å²) in [5.74, 6) is 0.622. The number of hydrogen-bond donors (Lipinski definition) is 1. The summed E-state index contributed by atoms with van der Waals surface area (Å²) in [5.41, 5.74) is 8.43. The minimum atomic E-state index is -0.213. The first-order valence-electron chi connectivity index (χ1n) is 6.76. The maximum absolute atomic E-state index is 11.0. The lowest BCUT2D eigenvalue weighted by Crippen LogP contribution is -2.27. The number of methoxy groups -OCH3 is 2. The number of rotatable bonds is 6. The lowest BCUT2D eigenvalue weighted by molar-refractivity contribution is -0.141. The van der Waals surface area contributed by atoms with Gasteiger partial charge in [0.25, 0.3) is 0 Å². The van der Waals surface area contributed by atoms with Crippen molar-refractivity contribution < 1.29 is 19.0 Å². The van der Waals surface area contributed by atoms with Crippen LogP contribution in [0, 0.1) is 0 Å². The van der Waals surface area contributed by atoms with Crippen molar-refractivity contribution in [2.75, 3.05) is 20.8 Å². The lowest BCUT2D eigenvalue weighted by atomic mass is 10.1. The summed E-state index contributed by atoms with van der Waals surface area (Å²) in [6.07, 6.45) is 1.69. The van der Waals surface area contributed by atoms with E-state index in [1.165, 1.54) is 12.7 Å². The highest BCUT2D eigenvalue weighted by molar-refractivity contribution is 5.68. The van der Waals surface area contributed by atoms with Gasteiger partial charge in [0.05, 0.1) is 20.3 Å². The van der Waals surface area contributed by atoms with Crippen LogP contribution in [0.5, 0.6) is 5.75 Å². The maximum atomic E-state index is 11.0. The summed E-state index contributed by atoms with van der Waals surface area (Å²) < 4.78 is 15.6. The molecule has 0 aliphatic heterocycles. The van der Waals surface area contributed by atoms with Crippen LogP contribution in [-0.4, -0.2) is 32.8 Å². The summed E-state index contributed by atoms with van der Waals surface area (Å²) in [7, 11) is 3.04. The Hall–Kier alpha value is -1.59. The SMILES string of the molecule is COC(=O)CCCOC1c2ccc(OC)cc2CC1N. The van der Waals surface area contributed by atoms with Crippen LogP contribution in [0.2, 0.25) is 0 Å². The van der Waals surface area contributed by atoms with Gasteiger partial charge < -0.3 is 19.9 Å². The molecule has 20 heavy (non-hydrogen) atoms. The van der Waals surface area contributed by atoms with Crippen LogP contribution in [0.4, 0.5) is 0 Å². The lowest BCUT2D eigenvalue weighted by Gasteiger charge is -2.17. The molecule has 0 saturated heterocycles. The summed E-state index contributed by atoms with van der Waals surface area (Å²) >= 11 is 0. The first kappa shape index (κ1) is 14.8. The Morgan fingerprint density at radius 3 is 2.90 bits per heavy atom. The predicted molar refractivity (Wildman–Crippen MR) is 74.6 cm³/mol. The third-order valence-corrected chi connectivity index (χ3v) is 3.55. The summed E-state index contributed by atoms with van der Waals surface area (Å²) in [6.45, 7) is 0.499. The van der Waals surface area contributed by atoms with Crippen molar-refractivity contribution in [2.24, 2.45) is 5.73 Å². The van der Waals surface area contributed by atoms with E-state index < -0.39 is 0 Å². The topological polar surface area (TPSA) is 70.8 Å². The van der Waals surface area contributed by atoms with E-state index in [1.54, 1.807) is 7.11 Å². The molecule has 0 aromatic heterocycles. The molecular weight excluding hydrogens is 258 g/mol. The second-order valence-electron chi connectivity index (χ2n) is 4.90. The van der Waals surface area contributed by atoms with Crippen molar-refractivity contribution in [1.82, 2.24) is 0 Å². The third-order valence-electron chi connectivity index (χ3n) is 3.55. The van der Waals surface area contributed by atoms with Crippen LogP contribution in [0.15, 0.2) is 18.2 Å². The summed E-state index contributed by atoms with van der Waals surface area (Å²) in [4.78, 5) is 11.0. The molecule has 0 radical (unpaired) electrons. The predicted octanol–water partition coefficient (Wildman–Crippen LogP) is 1.59. The molecule has 0 bridgehead atoms. The van der Waals surface area contributed by atoms with E-state index in [1.807, 2.05) is 18.2 Å². The van der Waals surface area contributed by atoms with E-state index in [2.05, 4.69) is 4.74 Å². The van der Waals surface area contributed by atoms with Crippen LogP contribution in [0.3, 0.4) is 0 Å². The van der Waals surface area contributed by atoms with Crippen molar-refractivity contribution in [3.05, 3.63) is 29.3 Å². The minimum absolute atomic E-state index is 0.0461. The van der Waals surface area contributed by atoms with Crippen LogP contribution >= 0.6 is 0 Å². The Morgan fingerprint density at radius 2 is 2.20 bits per heavy atom. The molecule has 2 unspecified atom stereocenters. The number of nitrogens with two attached hydrogens (primary N) is 1. The van der Waals surface area contributed by atoms with Crippen molar-refractivity contribution in [2.45, 2.75) is 31.4 Å². The molecule has 1 aromatic rings. The number of esters is 1. The summed E-state index contributed by atoms with van der Waals surface area (Å²) in [6, 6.07) is 5.89. The number of carbonyl (C=O) groups excluding carboxylic acids is 1. The molecular formula is C15H21NO4. The van der Waals surface area contributed by atoms with Gasteiger partial charge in [-0.3, -0.25) is 4.79 Å². The van der Waals surface area contributed by atoms with Gasteiger partial charge in [0.1, 0.15) is 5.75 Å². The van der Waals surface area contributed by atoms with Crippen LogP contribution in [0.1, 0.15) is 30.1 Å². The van der Waals surface area contributed by atoms with Gasteiger partial charge in [-0.05, 0) is 36.1 Å². The Morgan fingerprint density at radius 1 is 1.40 bits per heavy atom. The van der Waals surface area contributed by atoms with Gasteiger partial charge in [0.2, 0.25) is 0 Å². The Labute approximate surface area is 119 Å². The molecule has 2 atom stereocenters. The zero-order valence-electron chi connectivity index (χ0n) is 11.9. The van der Waals surface area contributed by atoms with Gasteiger partial charge in [-0.1, -0.05) is 6.07 Å². The summed E-state index contributed by atoms with van der Waals surface area (Å²) in [5, 5.41) is 0. The number of carbonyl (C=O) groups is 1. The molecule has 0 heterocycles. The Kier molecular flexibility index (Phi) is 4.98. The first-order chi connectivity index (χ1) is 9.65. The van der Waals surface area contributed by atoms with Gasteiger partial charge in [-0.2, -0.15) is 0 Å². The number of fused-ring (bicyclic) bond motifs is 1. The first-order valence-corrected chi connectivity index (χ1v) is 6.76. The molecule has 5 nitrogen and oxygen atoms in total. The van der Waals surface area contributed by atoms with Gasteiger partial charge >= 0.3 is 5.97 Å². The van der Waals surface area contributed by atoms with Crippen molar-refractivity contribution in [1.29, 1.82) is 0 Å². The molecule has 110 valence electrons. The van der Waals surface area contributed by atoms with E-state index >= 15 is 0 Å². The maximum Gasteiger partial charge on any atom is 0.305 e. The highest BCUT2D eigenvalue weighted by atomic mass is 16.5. The minimum Gasteiger partial charge on any atom is -0.497 e. The normalized spacial score (nSPS) is 20.6. The Balaban J connectivity index is 1.92. The fourth-order valence-corrected chi connectivity index (χ4v) is 2.50. The second kappa shape index (κ2) is 6.72. The standard InChI is InChI=1S/C15H21NO4/c1-18-11-5-6-12-10(8-11)9-13(16)15(12)20-7-3-4-14(17)19-2/h5-6,8,13,15H,3-4,7,9,16H2,1-2H3. The van der Waals surface area contributed by atoms with Crippen LogP contribution in [-0.2, 0) is 20.7 Å². The molecule has 0 fully saturated rings. The highest BCUT2D eigenvalue weighted by Gasteiger charge is 2.30. The molecule has 2 N–H and O–H groups in total. The van der Waals surface area contributed by atoms with E-state index in [4.69, 9.17) is 15.2 Å². The zero-order chi connectivity index (χ0) is 14.5. The largest absolute Gasteiger partial charge is 0.497 e. The molecule has 0 saturated carbocycles. The molecule has 1 aliphatic carbocycles. The van der Waals surface area contributed by atoms with Crippen LogP contribution < -0.4 is 10.5 Å². The molecule has 1 aromatic carbocycles. The molecule has 1 aliphatic rings. The average molecular weight is 279 g/mol. The van der Waals surface area contributed by atoms with Crippen molar-refractivity contribution in [3.8, 4) is 5.75 Å². The number of hydrogen-bond acceptors (Lipinski definition) is 5. The monoisotopic (exact) mass is 279 g/mol. The average Bonchev–Trinajstić information content (AvgIpc) is 2.77. The fraction of sp³-hybridized carbons (Fsp3) is 0.533. The van der Waals surface area contributed by atoms with E-state index in [-0.39, 0.29) is 18.1 Å². The number of ether oxygens (including phenoxy) is 3. The number of benzene rings is 1. The van der Waals surface area contributed by atoms with E-state index in [0.717, 1.165) is 17.7 Å². The van der Waals surface area contributed by atoms with Gasteiger partial charge in [-0.15, -0.1) is 0 Å². The van der Waals surface area contributed by atoms with Gasteiger partial charge in [0.15, 0.2) is 0 Å².